The first kappa shape index (κ1) is 13.2. The van der Waals surface area contributed by atoms with Crippen molar-refractivity contribution in [2.24, 2.45) is 12.8 Å². The number of hydrogen-bond donors (Lipinski definition) is 1. The molecule has 0 aliphatic carbocycles. The van der Waals surface area contributed by atoms with Crippen molar-refractivity contribution in [2.75, 3.05) is 13.2 Å². The maximum Gasteiger partial charge on any atom is 0.172 e. The van der Waals surface area contributed by atoms with Crippen LogP contribution in [0.2, 0.25) is 0 Å². The number of nitrogens with zero attached hydrogens (tertiary/aromatic N) is 2. The van der Waals surface area contributed by atoms with E-state index in [1.165, 1.54) is 0 Å². The fourth-order valence-electron chi connectivity index (χ4n) is 1.57. The predicted molar refractivity (Wildman–Crippen MR) is 61.9 cm³/mol. The van der Waals surface area contributed by atoms with Crippen molar-refractivity contribution in [3.63, 3.8) is 0 Å². The molecule has 1 atom stereocenters. The summed E-state index contributed by atoms with van der Waals surface area (Å²) in [5.74, 6) is 0. The Morgan fingerprint density at radius 1 is 1.38 bits per heavy atom. The van der Waals surface area contributed by atoms with E-state index in [4.69, 9.17) is 15.2 Å². The lowest BCUT2D eigenvalue weighted by Gasteiger charge is -2.22. The Kier molecular flexibility index (Phi) is 5.45. The number of rotatable bonds is 7. The molecule has 16 heavy (non-hydrogen) atoms. The first-order valence-corrected chi connectivity index (χ1v) is 5.63. The van der Waals surface area contributed by atoms with Gasteiger partial charge in [-0.1, -0.05) is 0 Å². The van der Waals surface area contributed by atoms with Crippen LogP contribution in [-0.2, 0) is 22.9 Å². The summed E-state index contributed by atoms with van der Waals surface area (Å²) in [5.41, 5.74) is 7.14. The minimum atomic E-state index is -0.338. The van der Waals surface area contributed by atoms with E-state index in [-0.39, 0.29) is 12.3 Å². The lowest BCUT2D eigenvalue weighted by atomic mass is 10.1. The molecule has 92 valence electrons. The molecule has 0 spiro atoms. The van der Waals surface area contributed by atoms with Gasteiger partial charge in [-0.2, -0.15) is 5.10 Å². The average Bonchev–Trinajstić information content (AvgIpc) is 2.63. The summed E-state index contributed by atoms with van der Waals surface area (Å²) in [6.07, 6.45) is 4.14. The number of aryl methyl sites for hydroxylation is 1. The number of nitrogens with two attached hydrogens (primary N) is 1. The number of aromatic nitrogens is 2. The highest BCUT2D eigenvalue weighted by Crippen LogP contribution is 2.07. The van der Waals surface area contributed by atoms with Gasteiger partial charge in [0.25, 0.3) is 0 Å². The molecule has 0 aliphatic rings. The van der Waals surface area contributed by atoms with Gasteiger partial charge in [-0.3, -0.25) is 4.68 Å². The van der Waals surface area contributed by atoms with Crippen LogP contribution in [-0.4, -0.2) is 35.3 Å². The van der Waals surface area contributed by atoms with Gasteiger partial charge in [-0.25, -0.2) is 0 Å². The van der Waals surface area contributed by atoms with E-state index < -0.39 is 0 Å². The van der Waals surface area contributed by atoms with E-state index in [2.05, 4.69) is 5.10 Å². The van der Waals surface area contributed by atoms with Gasteiger partial charge >= 0.3 is 0 Å². The molecule has 1 aromatic heterocycles. The Balaban J connectivity index is 2.50. The third kappa shape index (κ3) is 3.92. The molecule has 2 N–H and O–H groups in total. The van der Waals surface area contributed by atoms with Gasteiger partial charge in [0.2, 0.25) is 0 Å². The first-order chi connectivity index (χ1) is 7.67. The SMILES string of the molecule is CCOC(OCC)C(N)Cc1cnn(C)c1. The second-order valence-corrected chi connectivity index (χ2v) is 3.67. The maximum absolute atomic E-state index is 6.04. The topological polar surface area (TPSA) is 62.3 Å². The van der Waals surface area contributed by atoms with Crippen molar-refractivity contribution in [3.8, 4) is 0 Å². The lowest BCUT2D eigenvalue weighted by Crippen LogP contribution is -2.40. The van der Waals surface area contributed by atoms with E-state index in [1.54, 1.807) is 4.68 Å². The van der Waals surface area contributed by atoms with Gasteiger partial charge in [0, 0.05) is 26.5 Å². The average molecular weight is 227 g/mol. The van der Waals surface area contributed by atoms with Gasteiger partial charge in [-0.15, -0.1) is 0 Å². The molecule has 0 aliphatic heterocycles. The van der Waals surface area contributed by atoms with Gasteiger partial charge in [0.05, 0.1) is 12.2 Å². The summed E-state index contributed by atoms with van der Waals surface area (Å²) in [6.45, 7) is 5.07. The third-order valence-corrected chi connectivity index (χ3v) is 2.24. The Labute approximate surface area is 96.5 Å². The Morgan fingerprint density at radius 3 is 2.44 bits per heavy atom. The summed E-state index contributed by atoms with van der Waals surface area (Å²) in [6, 6.07) is -0.163. The molecule has 0 saturated carbocycles. The molecule has 1 rings (SSSR count). The van der Waals surface area contributed by atoms with Crippen LogP contribution in [0.5, 0.6) is 0 Å². The smallest absolute Gasteiger partial charge is 0.172 e. The Morgan fingerprint density at radius 2 is 2.00 bits per heavy atom. The normalized spacial score (nSPS) is 13.3. The summed E-state index contributed by atoms with van der Waals surface area (Å²) >= 11 is 0. The highest BCUT2D eigenvalue weighted by Gasteiger charge is 2.19. The van der Waals surface area contributed by atoms with Gasteiger partial charge in [0.15, 0.2) is 6.29 Å². The van der Waals surface area contributed by atoms with Crippen molar-refractivity contribution in [2.45, 2.75) is 32.6 Å². The fourth-order valence-corrected chi connectivity index (χ4v) is 1.57. The molecule has 5 heteroatoms. The highest BCUT2D eigenvalue weighted by atomic mass is 16.7. The standard InChI is InChI=1S/C11H21N3O2/c1-4-15-11(16-5-2)10(12)6-9-7-13-14(3)8-9/h7-8,10-11H,4-6,12H2,1-3H3. The Hall–Kier alpha value is -0.910. The van der Waals surface area contributed by atoms with Crippen molar-refractivity contribution < 1.29 is 9.47 Å². The molecule has 0 radical (unpaired) electrons. The summed E-state index contributed by atoms with van der Waals surface area (Å²) in [4.78, 5) is 0. The Bertz CT molecular complexity index is 295. The zero-order valence-electron chi connectivity index (χ0n) is 10.2. The molecule has 0 saturated heterocycles. The van der Waals surface area contributed by atoms with E-state index in [0.29, 0.717) is 19.6 Å². The monoisotopic (exact) mass is 227 g/mol. The minimum absolute atomic E-state index is 0.163. The number of ether oxygens (including phenoxy) is 2. The quantitative estimate of drug-likeness (QED) is 0.696. The maximum atomic E-state index is 6.04. The summed E-state index contributed by atoms with van der Waals surface area (Å²) < 4.78 is 12.7. The van der Waals surface area contributed by atoms with Crippen LogP contribution in [0, 0.1) is 0 Å². The van der Waals surface area contributed by atoms with E-state index >= 15 is 0 Å². The third-order valence-electron chi connectivity index (χ3n) is 2.24. The van der Waals surface area contributed by atoms with Crippen molar-refractivity contribution in [1.82, 2.24) is 9.78 Å². The summed E-state index contributed by atoms with van der Waals surface area (Å²) in [7, 11) is 1.89. The van der Waals surface area contributed by atoms with Crippen LogP contribution in [0.4, 0.5) is 0 Å². The summed E-state index contributed by atoms with van der Waals surface area (Å²) in [5, 5.41) is 4.10. The van der Waals surface area contributed by atoms with E-state index in [9.17, 15) is 0 Å². The molecule has 5 nitrogen and oxygen atoms in total. The van der Waals surface area contributed by atoms with Crippen molar-refractivity contribution in [3.05, 3.63) is 18.0 Å². The van der Waals surface area contributed by atoms with Gasteiger partial charge < -0.3 is 15.2 Å². The van der Waals surface area contributed by atoms with Gasteiger partial charge in [-0.05, 0) is 25.8 Å². The second-order valence-electron chi connectivity index (χ2n) is 3.67. The van der Waals surface area contributed by atoms with Crippen LogP contribution in [0.1, 0.15) is 19.4 Å². The lowest BCUT2D eigenvalue weighted by molar-refractivity contribution is -0.148. The van der Waals surface area contributed by atoms with Crippen LogP contribution < -0.4 is 5.73 Å². The van der Waals surface area contributed by atoms with Crippen LogP contribution >= 0.6 is 0 Å². The molecule has 0 amide bonds. The molecule has 1 unspecified atom stereocenters. The zero-order chi connectivity index (χ0) is 12.0. The molecule has 0 bridgehead atoms. The van der Waals surface area contributed by atoms with Crippen LogP contribution in [0.15, 0.2) is 12.4 Å². The molecule has 1 heterocycles. The van der Waals surface area contributed by atoms with E-state index in [0.717, 1.165) is 5.56 Å². The molecular weight excluding hydrogens is 206 g/mol. The minimum Gasteiger partial charge on any atom is -0.351 e. The van der Waals surface area contributed by atoms with Crippen LogP contribution in [0.25, 0.3) is 0 Å². The van der Waals surface area contributed by atoms with Gasteiger partial charge in [0.1, 0.15) is 0 Å². The number of hydrogen-bond acceptors (Lipinski definition) is 4. The molecular formula is C11H21N3O2. The van der Waals surface area contributed by atoms with Crippen molar-refractivity contribution >= 4 is 0 Å². The largest absolute Gasteiger partial charge is 0.351 e. The van der Waals surface area contributed by atoms with E-state index in [1.807, 2.05) is 33.3 Å². The predicted octanol–water partition coefficient (Wildman–Crippen LogP) is 0.689. The second kappa shape index (κ2) is 6.62. The fraction of sp³-hybridized carbons (Fsp3) is 0.727. The molecule has 0 aromatic carbocycles. The van der Waals surface area contributed by atoms with Crippen molar-refractivity contribution in [1.29, 1.82) is 0 Å². The first-order valence-electron chi connectivity index (χ1n) is 5.63. The molecule has 1 aromatic rings. The molecule has 0 fully saturated rings. The zero-order valence-corrected chi connectivity index (χ0v) is 10.2. The van der Waals surface area contributed by atoms with Crippen LogP contribution in [0.3, 0.4) is 0 Å². The highest BCUT2D eigenvalue weighted by molar-refractivity contribution is 5.06.